The number of nitriles is 1. The summed E-state index contributed by atoms with van der Waals surface area (Å²) in [5.74, 6) is -0.00447. The highest BCUT2D eigenvalue weighted by Crippen LogP contribution is 2.43. The lowest BCUT2D eigenvalue weighted by molar-refractivity contribution is 0.0479. The molecule has 126 valence electrons. The summed E-state index contributed by atoms with van der Waals surface area (Å²) in [5.41, 5.74) is 1.33. The summed E-state index contributed by atoms with van der Waals surface area (Å²) < 4.78 is 11.2. The van der Waals surface area contributed by atoms with Crippen molar-refractivity contribution in [1.29, 1.82) is 5.26 Å². The first-order valence-corrected chi connectivity index (χ1v) is 8.73. The van der Waals surface area contributed by atoms with E-state index in [0.29, 0.717) is 36.3 Å². The van der Waals surface area contributed by atoms with Crippen molar-refractivity contribution >= 4 is 50.6 Å². The molecular weight excluding hydrogens is 381 g/mol. The molecule has 0 N–H and O–H groups in total. The van der Waals surface area contributed by atoms with E-state index in [1.54, 1.807) is 36.4 Å². The summed E-state index contributed by atoms with van der Waals surface area (Å²) >= 11 is 13.8. The Morgan fingerprint density at radius 1 is 1.16 bits per heavy atom. The SMILES string of the molecule is COc1ccc2c(Cl)c(C(=O)OCc3ccc(C#N)cc3)sc2c1Cl. The predicted octanol–water partition coefficient (Wildman–Crippen LogP) is 5.45. The molecule has 0 saturated heterocycles. The molecular formula is C18H11Cl2NO3S. The standard InChI is InChI=1S/C18H11Cl2NO3S/c1-23-13-7-6-12-14(19)17(25-16(12)15(13)20)18(22)24-9-11-4-2-10(8-21)3-5-11/h2-7H,9H2,1H3. The Morgan fingerprint density at radius 2 is 1.88 bits per heavy atom. The minimum Gasteiger partial charge on any atom is -0.495 e. The smallest absolute Gasteiger partial charge is 0.350 e. The van der Waals surface area contributed by atoms with Gasteiger partial charge in [0.1, 0.15) is 22.3 Å². The number of carbonyl (C=O) groups is 1. The summed E-state index contributed by atoms with van der Waals surface area (Å²) in [6, 6.07) is 12.3. The van der Waals surface area contributed by atoms with Crippen molar-refractivity contribution in [3.63, 3.8) is 0 Å². The summed E-state index contributed by atoms with van der Waals surface area (Å²) in [5, 5.41) is 10.2. The number of carbonyl (C=O) groups excluding carboxylic acids is 1. The second-order valence-electron chi connectivity index (χ2n) is 5.09. The van der Waals surface area contributed by atoms with Crippen LogP contribution >= 0.6 is 34.5 Å². The fourth-order valence-electron chi connectivity index (χ4n) is 2.26. The molecule has 0 saturated carbocycles. The van der Waals surface area contributed by atoms with Crippen molar-refractivity contribution in [1.82, 2.24) is 0 Å². The van der Waals surface area contributed by atoms with E-state index in [0.717, 1.165) is 5.56 Å². The summed E-state index contributed by atoms with van der Waals surface area (Å²) in [6.45, 7) is 0.0895. The zero-order valence-electron chi connectivity index (χ0n) is 13.0. The van der Waals surface area contributed by atoms with Crippen LogP contribution in [-0.2, 0) is 11.3 Å². The lowest BCUT2D eigenvalue weighted by atomic mass is 10.2. The highest BCUT2D eigenvalue weighted by atomic mass is 35.5. The van der Waals surface area contributed by atoms with Gasteiger partial charge in [-0.15, -0.1) is 11.3 Å². The summed E-state index contributed by atoms with van der Waals surface area (Å²) in [6.07, 6.45) is 0. The molecule has 3 aromatic rings. The van der Waals surface area contributed by atoms with Crippen LogP contribution in [0.2, 0.25) is 10.0 Å². The third-order valence-corrected chi connectivity index (χ3v) is 5.75. The van der Waals surface area contributed by atoms with Gasteiger partial charge in [0, 0.05) is 5.39 Å². The molecule has 0 bridgehead atoms. The van der Waals surface area contributed by atoms with E-state index >= 15 is 0 Å². The highest BCUT2D eigenvalue weighted by Gasteiger charge is 2.21. The number of thiophene rings is 1. The first-order chi connectivity index (χ1) is 12.0. The Kier molecular flexibility index (Phi) is 5.14. The number of hydrogen-bond acceptors (Lipinski definition) is 5. The van der Waals surface area contributed by atoms with Crippen LogP contribution in [0.4, 0.5) is 0 Å². The Bertz CT molecular complexity index is 990. The van der Waals surface area contributed by atoms with Gasteiger partial charge in [-0.1, -0.05) is 35.3 Å². The molecule has 0 fully saturated rings. The lowest BCUT2D eigenvalue weighted by Crippen LogP contribution is -2.03. The Hall–Kier alpha value is -2.26. The van der Waals surface area contributed by atoms with Gasteiger partial charge < -0.3 is 9.47 Å². The summed E-state index contributed by atoms with van der Waals surface area (Å²) in [7, 11) is 1.52. The van der Waals surface area contributed by atoms with Gasteiger partial charge in [0.2, 0.25) is 0 Å². The van der Waals surface area contributed by atoms with Gasteiger partial charge in [-0.05, 0) is 29.8 Å². The van der Waals surface area contributed by atoms with Crippen LogP contribution in [0.1, 0.15) is 20.8 Å². The molecule has 0 amide bonds. The van der Waals surface area contributed by atoms with Crippen molar-refractivity contribution in [2.75, 3.05) is 7.11 Å². The molecule has 0 aliphatic heterocycles. The number of nitrogens with zero attached hydrogens (tertiary/aromatic N) is 1. The first kappa shape index (κ1) is 17.6. The lowest BCUT2D eigenvalue weighted by Gasteiger charge is -2.04. The van der Waals surface area contributed by atoms with Crippen LogP contribution in [0, 0.1) is 11.3 Å². The van der Waals surface area contributed by atoms with E-state index in [4.69, 9.17) is 37.9 Å². The number of benzene rings is 2. The molecule has 3 rings (SSSR count). The second kappa shape index (κ2) is 7.32. The number of ether oxygens (including phenoxy) is 2. The van der Waals surface area contributed by atoms with Crippen LogP contribution < -0.4 is 4.74 Å². The van der Waals surface area contributed by atoms with Crippen LogP contribution in [-0.4, -0.2) is 13.1 Å². The molecule has 2 aromatic carbocycles. The Morgan fingerprint density at radius 3 is 2.52 bits per heavy atom. The van der Waals surface area contributed by atoms with Gasteiger partial charge in [-0.2, -0.15) is 5.26 Å². The maximum atomic E-state index is 12.4. The molecule has 0 atom stereocenters. The van der Waals surface area contributed by atoms with Gasteiger partial charge in [-0.25, -0.2) is 4.79 Å². The highest BCUT2D eigenvalue weighted by molar-refractivity contribution is 7.22. The number of esters is 1. The zero-order valence-corrected chi connectivity index (χ0v) is 15.3. The third kappa shape index (κ3) is 3.42. The third-order valence-electron chi connectivity index (χ3n) is 3.56. The Balaban J connectivity index is 1.83. The first-order valence-electron chi connectivity index (χ1n) is 7.15. The van der Waals surface area contributed by atoms with Gasteiger partial charge in [0.25, 0.3) is 0 Å². The van der Waals surface area contributed by atoms with E-state index in [-0.39, 0.29) is 6.61 Å². The van der Waals surface area contributed by atoms with Crippen LogP contribution in [0.3, 0.4) is 0 Å². The van der Waals surface area contributed by atoms with Crippen molar-refractivity contribution in [3.8, 4) is 11.8 Å². The van der Waals surface area contributed by atoms with Crippen LogP contribution in [0.5, 0.6) is 5.75 Å². The van der Waals surface area contributed by atoms with Crippen molar-refractivity contribution in [2.45, 2.75) is 6.61 Å². The minimum atomic E-state index is -0.523. The monoisotopic (exact) mass is 391 g/mol. The molecule has 0 aliphatic carbocycles. The zero-order chi connectivity index (χ0) is 18.0. The largest absolute Gasteiger partial charge is 0.495 e. The summed E-state index contributed by atoms with van der Waals surface area (Å²) in [4.78, 5) is 12.7. The van der Waals surface area contributed by atoms with E-state index in [1.807, 2.05) is 6.07 Å². The molecule has 7 heteroatoms. The molecule has 1 aromatic heterocycles. The molecule has 1 heterocycles. The topological polar surface area (TPSA) is 59.3 Å². The molecule has 0 spiro atoms. The molecule has 0 radical (unpaired) electrons. The minimum absolute atomic E-state index is 0.0895. The predicted molar refractivity (Wildman–Crippen MR) is 98.7 cm³/mol. The van der Waals surface area contributed by atoms with E-state index < -0.39 is 5.97 Å². The van der Waals surface area contributed by atoms with E-state index in [2.05, 4.69) is 0 Å². The number of hydrogen-bond donors (Lipinski definition) is 0. The number of methoxy groups -OCH3 is 1. The van der Waals surface area contributed by atoms with Crippen molar-refractivity contribution in [2.24, 2.45) is 0 Å². The van der Waals surface area contributed by atoms with Crippen LogP contribution in [0.15, 0.2) is 36.4 Å². The average Bonchev–Trinajstić information content (AvgIpc) is 2.98. The molecule has 0 unspecified atom stereocenters. The normalized spacial score (nSPS) is 10.5. The van der Waals surface area contributed by atoms with Gasteiger partial charge in [-0.3, -0.25) is 0 Å². The average molecular weight is 392 g/mol. The second-order valence-corrected chi connectivity index (χ2v) is 6.87. The number of rotatable bonds is 4. The van der Waals surface area contributed by atoms with E-state index in [9.17, 15) is 4.79 Å². The quantitative estimate of drug-likeness (QED) is 0.555. The fourth-order valence-corrected chi connectivity index (χ4v) is 4.04. The Labute approximate surface area is 158 Å². The maximum Gasteiger partial charge on any atom is 0.350 e. The molecule has 4 nitrogen and oxygen atoms in total. The number of halogens is 2. The van der Waals surface area contributed by atoms with Gasteiger partial charge in [0.15, 0.2) is 0 Å². The fraction of sp³-hybridized carbons (Fsp3) is 0.111. The maximum absolute atomic E-state index is 12.4. The van der Waals surface area contributed by atoms with Gasteiger partial charge >= 0.3 is 5.97 Å². The molecule has 0 aliphatic rings. The van der Waals surface area contributed by atoms with Gasteiger partial charge in [0.05, 0.1) is 28.5 Å². The van der Waals surface area contributed by atoms with Crippen LogP contribution in [0.25, 0.3) is 10.1 Å². The van der Waals surface area contributed by atoms with Crippen molar-refractivity contribution in [3.05, 3.63) is 62.4 Å². The number of fused-ring (bicyclic) bond motifs is 1. The molecule has 25 heavy (non-hydrogen) atoms. The van der Waals surface area contributed by atoms with Crippen molar-refractivity contribution < 1.29 is 14.3 Å². The van der Waals surface area contributed by atoms with E-state index in [1.165, 1.54) is 18.4 Å².